The molecule has 0 spiro atoms. The van der Waals surface area contributed by atoms with Crippen LogP contribution in [0.1, 0.15) is 40.5 Å². The first-order valence-corrected chi connectivity index (χ1v) is 6.78. The van der Waals surface area contributed by atoms with Crippen LogP contribution in [0.3, 0.4) is 0 Å². The average Bonchev–Trinajstić information content (AvgIpc) is 2.12. The van der Waals surface area contributed by atoms with Gasteiger partial charge in [-0.1, -0.05) is 0 Å². The van der Waals surface area contributed by atoms with Gasteiger partial charge in [0.2, 0.25) is 0 Å². The minimum Gasteiger partial charge on any atom is -0.329 e. The standard InChI is InChI=1S/C13H30N4/c1-12(2)9-11(10-13(3,4)17-12)16-8-7-15-6-5-14/h11,15-17H,5-10,14H2,1-4H3. The summed E-state index contributed by atoms with van der Waals surface area (Å²) in [6.45, 7) is 12.8. The number of nitrogens with two attached hydrogens (primary N) is 1. The summed E-state index contributed by atoms with van der Waals surface area (Å²) in [7, 11) is 0. The van der Waals surface area contributed by atoms with E-state index in [2.05, 4.69) is 43.6 Å². The maximum Gasteiger partial charge on any atom is 0.0144 e. The molecule has 5 N–H and O–H groups in total. The second kappa shape index (κ2) is 6.14. The molecular weight excluding hydrogens is 212 g/mol. The molecule has 1 rings (SSSR count). The van der Waals surface area contributed by atoms with Crippen LogP contribution in [0.25, 0.3) is 0 Å². The van der Waals surface area contributed by atoms with Crippen LogP contribution in [0.5, 0.6) is 0 Å². The highest BCUT2D eigenvalue weighted by molar-refractivity contribution is 4.99. The molecule has 0 aromatic carbocycles. The van der Waals surface area contributed by atoms with Gasteiger partial charge in [0.05, 0.1) is 0 Å². The van der Waals surface area contributed by atoms with E-state index in [1.165, 1.54) is 12.8 Å². The molecule has 0 amide bonds. The van der Waals surface area contributed by atoms with Gasteiger partial charge in [-0.2, -0.15) is 0 Å². The van der Waals surface area contributed by atoms with Crippen LogP contribution in [0.15, 0.2) is 0 Å². The van der Waals surface area contributed by atoms with E-state index >= 15 is 0 Å². The van der Waals surface area contributed by atoms with Crippen molar-refractivity contribution < 1.29 is 0 Å². The smallest absolute Gasteiger partial charge is 0.0144 e. The Morgan fingerprint density at radius 1 is 1.06 bits per heavy atom. The zero-order valence-corrected chi connectivity index (χ0v) is 11.9. The Morgan fingerprint density at radius 2 is 1.65 bits per heavy atom. The van der Waals surface area contributed by atoms with Crippen LogP contribution in [-0.4, -0.2) is 43.3 Å². The highest BCUT2D eigenvalue weighted by Crippen LogP contribution is 2.28. The van der Waals surface area contributed by atoms with Gasteiger partial charge in [-0.3, -0.25) is 0 Å². The molecule has 0 bridgehead atoms. The van der Waals surface area contributed by atoms with Crippen molar-refractivity contribution >= 4 is 0 Å². The fraction of sp³-hybridized carbons (Fsp3) is 1.00. The quantitative estimate of drug-likeness (QED) is 0.510. The molecule has 0 saturated carbocycles. The fourth-order valence-electron chi connectivity index (χ4n) is 3.06. The molecule has 1 heterocycles. The summed E-state index contributed by atoms with van der Waals surface area (Å²) in [6, 6.07) is 0.612. The van der Waals surface area contributed by atoms with E-state index in [1.54, 1.807) is 0 Å². The zero-order valence-electron chi connectivity index (χ0n) is 11.9. The van der Waals surface area contributed by atoms with Crippen LogP contribution < -0.4 is 21.7 Å². The van der Waals surface area contributed by atoms with Crippen molar-refractivity contribution in [3.63, 3.8) is 0 Å². The summed E-state index contributed by atoms with van der Waals surface area (Å²) in [5.41, 5.74) is 5.89. The van der Waals surface area contributed by atoms with Gasteiger partial charge in [0.1, 0.15) is 0 Å². The van der Waals surface area contributed by atoms with Gasteiger partial charge >= 0.3 is 0 Å². The fourth-order valence-corrected chi connectivity index (χ4v) is 3.06. The van der Waals surface area contributed by atoms with Crippen LogP contribution >= 0.6 is 0 Å². The Kier molecular flexibility index (Phi) is 5.38. The van der Waals surface area contributed by atoms with E-state index in [0.717, 1.165) is 19.6 Å². The lowest BCUT2D eigenvalue weighted by molar-refractivity contribution is 0.146. The zero-order chi connectivity index (χ0) is 12.9. The number of piperidine rings is 1. The molecule has 1 aliphatic heterocycles. The summed E-state index contributed by atoms with van der Waals surface area (Å²) >= 11 is 0. The predicted octanol–water partition coefficient (Wildman–Crippen LogP) is 0.434. The van der Waals surface area contributed by atoms with Gasteiger partial charge in [-0.05, 0) is 40.5 Å². The minimum atomic E-state index is 0.226. The van der Waals surface area contributed by atoms with E-state index in [4.69, 9.17) is 5.73 Å². The first kappa shape index (κ1) is 14.9. The molecular formula is C13H30N4. The number of hydrogen-bond donors (Lipinski definition) is 4. The van der Waals surface area contributed by atoms with Crippen molar-refractivity contribution in [1.82, 2.24) is 16.0 Å². The summed E-state index contributed by atoms with van der Waals surface area (Å²) in [5, 5.41) is 10.7. The maximum atomic E-state index is 5.43. The normalized spacial score (nSPS) is 23.8. The van der Waals surface area contributed by atoms with Crippen LogP contribution in [0.2, 0.25) is 0 Å². The molecule has 4 nitrogen and oxygen atoms in total. The summed E-state index contributed by atoms with van der Waals surface area (Å²) in [4.78, 5) is 0. The first-order valence-electron chi connectivity index (χ1n) is 6.78. The van der Waals surface area contributed by atoms with E-state index in [-0.39, 0.29) is 11.1 Å². The van der Waals surface area contributed by atoms with Gasteiger partial charge in [-0.15, -0.1) is 0 Å². The second-order valence-corrected chi connectivity index (χ2v) is 6.49. The predicted molar refractivity (Wildman–Crippen MR) is 74.2 cm³/mol. The average molecular weight is 242 g/mol. The summed E-state index contributed by atoms with van der Waals surface area (Å²) in [5.74, 6) is 0. The molecule has 1 saturated heterocycles. The van der Waals surface area contributed by atoms with E-state index in [1.807, 2.05) is 0 Å². The number of nitrogens with one attached hydrogen (secondary N) is 3. The number of hydrogen-bond acceptors (Lipinski definition) is 4. The first-order chi connectivity index (χ1) is 7.85. The van der Waals surface area contributed by atoms with Gasteiger partial charge in [0, 0.05) is 43.3 Å². The third-order valence-corrected chi connectivity index (χ3v) is 3.25. The molecule has 102 valence electrons. The van der Waals surface area contributed by atoms with Crippen molar-refractivity contribution in [2.24, 2.45) is 5.73 Å². The maximum absolute atomic E-state index is 5.43. The van der Waals surface area contributed by atoms with Crippen LogP contribution in [0, 0.1) is 0 Å². The topological polar surface area (TPSA) is 62.1 Å². The molecule has 0 atom stereocenters. The largest absolute Gasteiger partial charge is 0.329 e. The molecule has 17 heavy (non-hydrogen) atoms. The van der Waals surface area contributed by atoms with Gasteiger partial charge in [-0.25, -0.2) is 0 Å². The van der Waals surface area contributed by atoms with E-state index in [0.29, 0.717) is 12.6 Å². The summed E-state index contributed by atoms with van der Waals surface area (Å²) in [6.07, 6.45) is 2.38. The highest BCUT2D eigenvalue weighted by atomic mass is 15.1. The van der Waals surface area contributed by atoms with E-state index < -0.39 is 0 Å². The molecule has 0 radical (unpaired) electrons. The Morgan fingerprint density at radius 3 is 2.18 bits per heavy atom. The van der Waals surface area contributed by atoms with Crippen molar-refractivity contribution in [1.29, 1.82) is 0 Å². The lowest BCUT2D eigenvalue weighted by Crippen LogP contribution is -2.61. The monoisotopic (exact) mass is 242 g/mol. The van der Waals surface area contributed by atoms with Crippen molar-refractivity contribution in [3.8, 4) is 0 Å². The van der Waals surface area contributed by atoms with Crippen molar-refractivity contribution in [3.05, 3.63) is 0 Å². The van der Waals surface area contributed by atoms with Gasteiger partial charge in [0.15, 0.2) is 0 Å². The lowest BCUT2D eigenvalue weighted by Gasteiger charge is -2.46. The SMILES string of the molecule is CC1(C)CC(NCCNCCN)CC(C)(C)N1. The Bertz CT molecular complexity index is 209. The Hall–Kier alpha value is -0.160. The third kappa shape index (κ3) is 5.82. The van der Waals surface area contributed by atoms with E-state index in [9.17, 15) is 0 Å². The Labute approximate surface area is 106 Å². The third-order valence-electron chi connectivity index (χ3n) is 3.25. The molecule has 1 aliphatic rings. The van der Waals surface area contributed by atoms with Gasteiger partial charge < -0.3 is 21.7 Å². The van der Waals surface area contributed by atoms with Gasteiger partial charge in [0.25, 0.3) is 0 Å². The highest BCUT2D eigenvalue weighted by Gasteiger charge is 2.37. The molecule has 4 heteroatoms. The Balaban J connectivity index is 2.28. The van der Waals surface area contributed by atoms with Crippen LogP contribution in [0.4, 0.5) is 0 Å². The van der Waals surface area contributed by atoms with Crippen LogP contribution in [-0.2, 0) is 0 Å². The molecule has 0 aliphatic carbocycles. The van der Waals surface area contributed by atoms with Crippen molar-refractivity contribution in [2.45, 2.75) is 57.7 Å². The molecule has 0 aromatic heterocycles. The number of rotatable bonds is 6. The lowest BCUT2D eigenvalue weighted by atomic mass is 9.79. The summed E-state index contributed by atoms with van der Waals surface area (Å²) < 4.78 is 0. The minimum absolute atomic E-state index is 0.226. The van der Waals surface area contributed by atoms with Crippen molar-refractivity contribution in [2.75, 3.05) is 26.2 Å². The second-order valence-electron chi connectivity index (χ2n) is 6.49. The molecule has 0 unspecified atom stereocenters. The molecule has 0 aromatic rings. The molecule has 1 fully saturated rings.